The fraction of sp³-hybridized carbons (Fsp3) is 0.296. The number of hydrogen-bond acceptors (Lipinski definition) is 4. The van der Waals surface area contributed by atoms with Gasteiger partial charge in [0.05, 0.1) is 23.4 Å². The van der Waals surface area contributed by atoms with Crippen molar-refractivity contribution in [2.45, 2.75) is 39.7 Å². The molecule has 0 aliphatic carbocycles. The summed E-state index contributed by atoms with van der Waals surface area (Å²) < 4.78 is 5.89. The van der Waals surface area contributed by atoms with Crippen molar-refractivity contribution < 1.29 is 14.3 Å². The third-order valence-electron chi connectivity index (χ3n) is 5.27. The van der Waals surface area contributed by atoms with Gasteiger partial charge in [0.15, 0.2) is 0 Å². The number of nitrogens with one attached hydrogen (secondary N) is 2. The van der Waals surface area contributed by atoms with Crippen LogP contribution in [0.2, 0.25) is 10.0 Å². The third-order valence-corrected chi connectivity index (χ3v) is 5.81. The lowest BCUT2D eigenvalue weighted by atomic mass is 10.0. The SMILES string of the molecule is CCCOc1ccc2ccccc2c1/C=N\NC(=O)[C@@H](CC(C)C)NC(=O)c1ccc(Cl)cc1Cl. The Balaban J connectivity index is 1.79. The van der Waals surface area contributed by atoms with E-state index in [-0.39, 0.29) is 16.5 Å². The Bertz CT molecular complexity index is 1230. The molecule has 0 spiro atoms. The highest BCUT2D eigenvalue weighted by Gasteiger charge is 2.23. The fourth-order valence-electron chi connectivity index (χ4n) is 3.60. The molecule has 0 unspecified atom stereocenters. The van der Waals surface area contributed by atoms with Gasteiger partial charge >= 0.3 is 0 Å². The van der Waals surface area contributed by atoms with E-state index in [0.717, 1.165) is 22.8 Å². The number of rotatable bonds is 10. The van der Waals surface area contributed by atoms with Crippen LogP contribution in [-0.2, 0) is 4.79 Å². The Morgan fingerprint density at radius 2 is 1.86 bits per heavy atom. The molecule has 184 valence electrons. The van der Waals surface area contributed by atoms with Gasteiger partial charge in [0.1, 0.15) is 11.8 Å². The molecule has 0 heterocycles. The summed E-state index contributed by atoms with van der Waals surface area (Å²) in [6.45, 7) is 6.55. The van der Waals surface area contributed by atoms with Gasteiger partial charge in [-0.15, -0.1) is 0 Å². The lowest BCUT2D eigenvalue weighted by Crippen LogP contribution is -2.46. The fourth-order valence-corrected chi connectivity index (χ4v) is 4.09. The molecule has 0 fully saturated rings. The van der Waals surface area contributed by atoms with E-state index in [2.05, 4.69) is 15.8 Å². The van der Waals surface area contributed by atoms with Crippen LogP contribution >= 0.6 is 23.2 Å². The molecule has 0 saturated heterocycles. The zero-order valence-electron chi connectivity index (χ0n) is 20.0. The normalized spacial score (nSPS) is 12.2. The second-order valence-electron chi connectivity index (χ2n) is 8.56. The maximum absolute atomic E-state index is 13.0. The topological polar surface area (TPSA) is 79.8 Å². The second-order valence-corrected chi connectivity index (χ2v) is 9.40. The molecule has 3 aromatic carbocycles. The molecule has 8 heteroatoms. The number of amides is 2. The van der Waals surface area contributed by atoms with E-state index in [1.807, 2.05) is 57.2 Å². The Labute approximate surface area is 215 Å². The predicted octanol–water partition coefficient (Wildman–Crippen LogP) is 6.23. The first-order valence-electron chi connectivity index (χ1n) is 11.5. The van der Waals surface area contributed by atoms with E-state index in [0.29, 0.717) is 23.8 Å². The van der Waals surface area contributed by atoms with Crippen molar-refractivity contribution in [2.24, 2.45) is 11.0 Å². The van der Waals surface area contributed by atoms with Crippen molar-refractivity contribution >= 4 is 52.0 Å². The van der Waals surface area contributed by atoms with Crippen LogP contribution in [0.3, 0.4) is 0 Å². The number of hydrazone groups is 1. The van der Waals surface area contributed by atoms with Crippen LogP contribution < -0.4 is 15.5 Å². The average Bonchev–Trinajstić information content (AvgIpc) is 2.82. The summed E-state index contributed by atoms with van der Waals surface area (Å²) in [5.74, 6) is -0.0406. The highest BCUT2D eigenvalue weighted by molar-refractivity contribution is 6.36. The molecule has 0 radical (unpaired) electrons. The minimum absolute atomic E-state index is 0.155. The number of benzene rings is 3. The molecular weight excluding hydrogens is 485 g/mol. The molecule has 0 aromatic heterocycles. The number of halogens is 2. The van der Waals surface area contributed by atoms with E-state index in [4.69, 9.17) is 27.9 Å². The second kappa shape index (κ2) is 12.6. The largest absolute Gasteiger partial charge is 0.493 e. The van der Waals surface area contributed by atoms with Gasteiger partial charge in [-0.05, 0) is 53.8 Å². The van der Waals surface area contributed by atoms with Crippen molar-refractivity contribution in [1.29, 1.82) is 0 Å². The van der Waals surface area contributed by atoms with Gasteiger partial charge in [0.2, 0.25) is 0 Å². The monoisotopic (exact) mass is 513 g/mol. The van der Waals surface area contributed by atoms with Crippen LogP contribution in [0.4, 0.5) is 0 Å². The molecule has 0 saturated carbocycles. The molecule has 0 aliphatic heterocycles. The number of carbonyl (C=O) groups excluding carboxylic acids is 2. The Morgan fingerprint density at radius 3 is 2.57 bits per heavy atom. The molecule has 35 heavy (non-hydrogen) atoms. The van der Waals surface area contributed by atoms with Crippen LogP contribution in [-0.4, -0.2) is 30.7 Å². The number of fused-ring (bicyclic) bond motifs is 1. The lowest BCUT2D eigenvalue weighted by molar-refractivity contribution is -0.123. The number of hydrogen-bond donors (Lipinski definition) is 2. The zero-order chi connectivity index (χ0) is 25.4. The maximum Gasteiger partial charge on any atom is 0.262 e. The summed E-state index contributed by atoms with van der Waals surface area (Å²) in [4.78, 5) is 25.8. The standard InChI is InChI=1S/C27H29Cl2N3O3/c1-4-13-35-25-12-9-18-7-5-6-8-20(18)22(25)16-30-32-27(34)24(14-17(2)3)31-26(33)21-11-10-19(28)15-23(21)29/h5-12,15-17,24H,4,13-14H2,1-3H3,(H,31,33)(H,32,34)/b30-16-/t24-/m1/s1. The summed E-state index contributed by atoms with van der Waals surface area (Å²) in [5, 5.41) is 9.60. The van der Waals surface area contributed by atoms with Gasteiger partial charge in [-0.1, -0.05) is 74.3 Å². The van der Waals surface area contributed by atoms with E-state index < -0.39 is 17.9 Å². The quantitative estimate of drug-likeness (QED) is 0.249. The Morgan fingerprint density at radius 1 is 1.09 bits per heavy atom. The van der Waals surface area contributed by atoms with Crippen molar-refractivity contribution in [3.05, 3.63) is 75.8 Å². The summed E-state index contributed by atoms with van der Waals surface area (Å²) in [6, 6.07) is 15.6. The van der Waals surface area contributed by atoms with E-state index in [1.54, 1.807) is 12.3 Å². The van der Waals surface area contributed by atoms with Crippen LogP contribution in [0, 0.1) is 5.92 Å². The Kier molecular flexibility index (Phi) is 9.52. The highest BCUT2D eigenvalue weighted by Crippen LogP contribution is 2.27. The summed E-state index contributed by atoms with van der Waals surface area (Å²) >= 11 is 12.1. The van der Waals surface area contributed by atoms with Crippen molar-refractivity contribution in [2.75, 3.05) is 6.61 Å². The van der Waals surface area contributed by atoms with Crippen molar-refractivity contribution in [1.82, 2.24) is 10.7 Å². The molecule has 2 amide bonds. The van der Waals surface area contributed by atoms with E-state index in [1.165, 1.54) is 12.1 Å². The summed E-state index contributed by atoms with van der Waals surface area (Å²) in [7, 11) is 0. The molecule has 1 atom stereocenters. The lowest BCUT2D eigenvalue weighted by Gasteiger charge is -2.19. The van der Waals surface area contributed by atoms with Gasteiger partial charge in [-0.2, -0.15) is 5.10 Å². The smallest absolute Gasteiger partial charge is 0.262 e. The first kappa shape index (κ1) is 26.5. The third kappa shape index (κ3) is 7.20. The summed E-state index contributed by atoms with van der Waals surface area (Å²) in [6.07, 6.45) is 2.88. The van der Waals surface area contributed by atoms with E-state index in [9.17, 15) is 9.59 Å². The first-order chi connectivity index (χ1) is 16.8. The maximum atomic E-state index is 13.0. The van der Waals surface area contributed by atoms with Crippen molar-refractivity contribution in [3.63, 3.8) is 0 Å². The summed E-state index contributed by atoms with van der Waals surface area (Å²) in [5.41, 5.74) is 3.59. The van der Waals surface area contributed by atoms with Gasteiger partial charge in [0, 0.05) is 10.6 Å². The van der Waals surface area contributed by atoms with Crippen LogP contribution in [0.5, 0.6) is 5.75 Å². The molecule has 3 aromatic rings. The van der Waals surface area contributed by atoms with E-state index >= 15 is 0 Å². The number of ether oxygens (including phenoxy) is 1. The van der Waals surface area contributed by atoms with Gasteiger partial charge < -0.3 is 10.1 Å². The van der Waals surface area contributed by atoms with Crippen LogP contribution in [0.15, 0.2) is 59.7 Å². The molecule has 3 rings (SSSR count). The molecule has 2 N–H and O–H groups in total. The molecular formula is C27H29Cl2N3O3. The molecule has 0 aliphatic rings. The van der Waals surface area contributed by atoms with Gasteiger partial charge in [-0.25, -0.2) is 5.43 Å². The van der Waals surface area contributed by atoms with Crippen molar-refractivity contribution in [3.8, 4) is 5.75 Å². The van der Waals surface area contributed by atoms with Gasteiger partial charge in [0.25, 0.3) is 11.8 Å². The zero-order valence-corrected chi connectivity index (χ0v) is 21.5. The van der Waals surface area contributed by atoms with Crippen LogP contribution in [0.25, 0.3) is 10.8 Å². The van der Waals surface area contributed by atoms with Crippen LogP contribution in [0.1, 0.15) is 49.5 Å². The minimum Gasteiger partial charge on any atom is -0.493 e. The Hall–Kier alpha value is -3.09. The average molecular weight is 514 g/mol. The number of carbonyl (C=O) groups is 2. The predicted molar refractivity (Wildman–Crippen MR) is 143 cm³/mol. The molecule has 0 bridgehead atoms. The van der Waals surface area contributed by atoms with Gasteiger partial charge in [-0.3, -0.25) is 9.59 Å². The molecule has 6 nitrogen and oxygen atoms in total. The minimum atomic E-state index is -0.797. The first-order valence-corrected chi connectivity index (χ1v) is 12.3. The highest BCUT2D eigenvalue weighted by atomic mass is 35.5. The number of nitrogens with zero attached hydrogens (tertiary/aromatic N) is 1.